The van der Waals surface area contributed by atoms with Crippen LogP contribution in [0.15, 0.2) is 18.2 Å². The molecule has 18 heavy (non-hydrogen) atoms. The Hall–Kier alpha value is -0.770. The lowest BCUT2D eigenvalue weighted by Crippen LogP contribution is -2.33. The van der Waals surface area contributed by atoms with Crippen LogP contribution in [0.3, 0.4) is 0 Å². The molecule has 0 aliphatic carbocycles. The van der Waals surface area contributed by atoms with Gasteiger partial charge < -0.3 is 5.73 Å². The van der Waals surface area contributed by atoms with Gasteiger partial charge in [0.25, 0.3) is 0 Å². The smallest absolute Gasteiger partial charge is 0.0918 e. The Kier molecular flexibility index (Phi) is 5.93. The molecule has 1 aromatic carbocycles. The van der Waals surface area contributed by atoms with E-state index in [0.717, 1.165) is 12.1 Å². The highest BCUT2D eigenvalue weighted by atomic mass is 35.5. The first-order valence-corrected chi connectivity index (χ1v) is 6.67. The van der Waals surface area contributed by atoms with Crippen molar-refractivity contribution >= 4 is 29.0 Å². The van der Waals surface area contributed by atoms with Crippen LogP contribution in [0, 0.1) is 5.41 Å². The fraction of sp³-hybridized carbons (Fsp3) is 0.462. The third-order valence-electron chi connectivity index (χ3n) is 2.80. The molecular formula is C13H19Cl2N3. The van der Waals surface area contributed by atoms with E-state index in [1.807, 2.05) is 12.1 Å². The van der Waals surface area contributed by atoms with E-state index < -0.39 is 0 Å². The van der Waals surface area contributed by atoms with Crippen LogP contribution < -0.4 is 5.73 Å². The normalized spacial score (nSPS) is 11.2. The van der Waals surface area contributed by atoms with E-state index in [2.05, 4.69) is 18.7 Å². The van der Waals surface area contributed by atoms with Gasteiger partial charge in [-0.15, -0.1) is 0 Å². The summed E-state index contributed by atoms with van der Waals surface area (Å²) in [5, 5.41) is 8.47. The molecule has 0 unspecified atom stereocenters. The molecule has 1 rings (SSSR count). The average Bonchev–Trinajstić information content (AvgIpc) is 2.29. The van der Waals surface area contributed by atoms with Crippen LogP contribution >= 0.6 is 23.2 Å². The van der Waals surface area contributed by atoms with Crippen molar-refractivity contribution in [1.29, 1.82) is 5.41 Å². The van der Waals surface area contributed by atoms with Gasteiger partial charge in [-0.3, -0.25) is 10.3 Å². The van der Waals surface area contributed by atoms with Crippen LogP contribution in [0.4, 0.5) is 0 Å². The lowest BCUT2D eigenvalue weighted by molar-refractivity contribution is 0.219. The van der Waals surface area contributed by atoms with Crippen molar-refractivity contribution < 1.29 is 0 Å². The van der Waals surface area contributed by atoms with Crippen LogP contribution in [-0.4, -0.2) is 23.3 Å². The maximum atomic E-state index is 7.29. The molecule has 0 amide bonds. The second kappa shape index (κ2) is 6.98. The van der Waals surface area contributed by atoms with Crippen molar-refractivity contribution in [3.05, 3.63) is 33.8 Å². The zero-order chi connectivity index (χ0) is 13.7. The molecule has 0 spiro atoms. The van der Waals surface area contributed by atoms with Gasteiger partial charge in [0.05, 0.1) is 15.9 Å². The minimum atomic E-state index is 0.206. The number of hydrogen-bond donors (Lipinski definition) is 2. The number of hydrogen-bond acceptors (Lipinski definition) is 2. The molecule has 5 heteroatoms. The van der Waals surface area contributed by atoms with Crippen molar-refractivity contribution in [3.63, 3.8) is 0 Å². The van der Waals surface area contributed by atoms with Crippen LogP contribution in [0.5, 0.6) is 0 Å². The Morgan fingerprint density at radius 2 is 2.06 bits per heavy atom. The first kappa shape index (κ1) is 15.3. The average molecular weight is 288 g/mol. The molecule has 0 radical (unpaired) electrons. The first-order chi connectivity index (χ1) is 8.41. The second-order valence-electron chi connectivity index (χ2n) is 4.55. The molecule has 0 saturated carbocycles. The third-order valence-corrected chi connectivity index (χ3v) is 3.66. The molecule has 0 fully saturated rings. The summed E-state index contributed by atoms with van der Waals surface area (Å²) >= 11 is 12.2. The van der Waals surface area contributed by atoms with Crippen molar-refractivity contribution in [1.82, 2.24) is 4.90 Å². The van der Waals surface area contributed by atoms with Crippen molar-refractivity contribution in [2.45, 2.75) is 32.9 Å². The summed E-state index contributed by atoms with van der Waals surface area (Å²) in [5.74, 6) is 0.206. The molecular weight excluding hydrogens is 269 g/mol. The standard InChI is InChI=1S/C13H19Cl2N3/c1-9(2)18(7-6-12(16)17)8-10-4-3-5-11(14)13(10)15/h3-5,9H,6-8H2,1-2H3,(H3,16,17). The largest absolute Gasteiger partial charge is 0.388 e. The number of nitrogens with two attached hydrogens (primary N) is 1. The van der Waals surface area contributed by atoms with Crippen LogP contribution in [0.25, 0.3) is 0 Å². The van der Waals surface area contributed by atoms with E-state index in [9.17, 15) is 0 Å². The lowest BCUT2D eigenvalue weighted by atomic mass is 10.1. The van der Waals surface area contributed by atoms with Crippen molar-refractivity contribution in [3.8, 4) is 0 Å². The number of amidine groups is 1. The van der Waals surface area contributed by atoms with Gasteiger partial charge >= 0.3 is 0 Å². The third kappa shape index (κ3) is 4.48. The Balaban J connectivity index is 2.77. The van der Waals surface area contributed by atoms with Crippen molar-refractivity contribution in [2.24, 2.45) is 5.73 Å². The molecule has 0 saturated heterocycles. The number of rotatable bonds is 6. The summed E-state index contributed by atoms with van der Waals surface area (Å²) in [7, 11) is 0. The van der Waals surface area contributed by atoms with Crippen LogP contribution in [-0.2, 0) is 6.54 Å². The molecule has 3 nitrogen and oxygen atoms in total. The van der Waals surface area contributed by atoms with E-state index >= 15 is 0 Å². The zero-order valence-corrected chi connectivity index (χ0v) is 12.2. The molecule has 0 aliphatic rings. The Morgan fingerprint density at radius 1 is 1.39 bits per heavy atom. The summed E-state index contributed by atoms with van der Waals surface area (Å²) in [6, 6.07) is 6.01. The lowest BCUT2D eigenvalue weighted by Gasteiger charge is -2.26. The number of nitrogens with zero attached hydrogens (tertiary/aromatic N) is 1. The molecule has 1 aromatic rings. The van der Waals surface area contributed by atoms with E-state index in [0.29, 0.717) is 29.1 Å². The quantitative estimate of drug-likeness (QED) is 0.621. The van der Waals surface area contributed by atoms with Gasteiger partial charge in [-0.2, -0.15) is 0 Å². The van der Waals surface area contributed by atoms with Gasteiger partial charge in [0.15, 0.2) is 0 Å². The fourth-order valence-electron chi connectivity index (χ4n) is 1.67. The van der Waals surface area contributed by atoms with E-state index in [4.69, 9.17) is 34.3 Å². The highest BCUT2D eigenvalue weighted by Crippen LogP contribution is 2.26. The predicted molar refractivity (Wildman–Crippen MR) is 78.5 cm³/mol. The van der Waals surface area contributed by atoms with Gasteiger partial charge in [-0.25, -0.2) is 0 Å². The minimum Gasteiger partial charge on any atom is -0.388 e. The molecule has 100 valence electrons. The summed E-state index contributed by atoms with van der Waals surface area (Å²) < 4.78 is 0. The summed E-state index contributed by atoms with van der Waals surface area (Å²) in [6.45, 7) is 5.68. The number of nitrogens with one attached hydrogen (secondary N) is 1. The van der Waals surface area contributed by atoms with Crippen LogP contribution in [0.1, 0.15) is 25.8 Å². The van der Waals surface area contributed by atoms with E-state index in [1.54, 1.807) is 6.07 Å². The molecule has 3 N–H and O–H groups in total. The number of halogens is 2. The van der Waals surface area contributed by atoms with Gasteiger partial charge in [-0.05, 0) is 25.5 Å². The molecule has 0 atom stereocenters. The van der Waals surface area contributed by atoms with Gasteiger partial charge in [0, 0.05) is 25.6 Å². The molecule has 0 aliphatic heterocycles. The zero-order valence-electron chi connectivity index (χ0n) is 10.7. The molecule has 0 heterocycles. The van der Waals surface area contributed by atoms with Crippen LogP contribution in [0.2, 0.25) is 10.0 Å². The van der Waals surface area contributed by atoms with E-state index in [-0.39, 0.29) is 5.84 Å². The minimum absolute atomic E-state index is 0.206. The Bertz CT molecular complexity index is 419. The topological polar surface area (TPSA) is 53.1 Å². The molecule has 0 aromatic heterocycles. The summed E-state index contributed by atoms with van der Waals surface area (Å²) in [5.41, 5.74) is 6.40. The Morgan fingerprint density at radius 3 is 2.61 bits per heavy atom. The van der Waals surface area contributed by atoms with Gasteiger partial charge in [-0.1, -0.05) is 35.3 Å². The SMILES string of the molecule is CC(C)N(CCC(=N)N)Cc1cccc(Cl)c1Cl. The maximum absolute atomic E-state index is 7.29. The predicted octanol–water partition coefficient (Wildman–Crippen LogP) is 3.53. The van der Waals surface area contributed by atoms with Gasteiger partial charge in [0.2, 0.25) is 0 Å². The maximum Gasteiger partial charge on any atom is 0.0918 e. The monoisotopic (exact) mass is 287 g/mol. The van der Waals surface area contributed by atoms with E-state index in [1.165, 1.54) is 0 Å². The summed E-state index contributed by atoms with van der Waals surface area (Å²) in [6.07, 6.45) is 0.566. The van der Waals surface area contributed by atoms with Crippen molar-refractivity contribution in [2.75, 3.05) is 6.54 Å². The fourth-order valence-corrected chi connectivity index (χ4v) is 2.05. The summed E-state index contributed by atoms with van der Waals surface area (Å²) in [4.78, 5) is 2.22. The van der Waals surface area contributed by atoms with Gasteiger partial charge in [0.1, 0.15) is 0 Å². The Labute approximate surface area is 118 Å². The molecule has 0 bridgehead atoms. The highest BCUT2D eigenvalue weighted by Gasteiger charge is 2.13. The first-order valence-electron chi connectivity index (χ1n) is 5.91. The highest BCUT2D eigenvalue weighted by molar-refractivity contribution is 6.42. The second-order valence-corrected chi connectivity index (χ2v) is 5.34. The number of benzene rings is 1.